The van der Waals surface area contributed by atoms with Crippen LogP contribution in [0.15, 0.2) is 30.5 Å². The lowest BCUT2D eigenvalue weighted by atomic mass is 10.0. The van der Waals surface area contributed by atoms with Crippen LogP contribution in [0.2, 0.25) is 0 Å². The Morgan fingerprint density at radius 2 is 2.17 bits per heavy atom. The number of hydrogen-bond acceptors (Lipinski definition) is 4. The maximum atomic E-state index is 11.9. The van der Waals surface area contributed by atoms with Gasteiger partial charge in [-0.05, 0) is 18.1 Å². The van der Waals surface area contributed by atoms with E-state index < -0.39 is 0 Å². The van der Waals surface area contributed by atoms with Crippen LogP contribution >= 0.6 is 0 Å². The van der Waals surface area contributed by atoms with Gasteiger partial charge in [-0.2, -0.15) is 0 Å². The van der Waals surface area contributed by atoms with Gasteiger partial charge in [-0.25, -0.2) is 4.68 Å². The normalized spacial score (nSPS) is 10.6. The van der Waals surface area contributed by atoms with E-state index in [-0.39, 0.29) is 12.3 Å². The Kier molecular flexibility index (Phi) is 3.84. The van der Waals surface area contributed by atoms with Crippen molar-refractivity contribution < 1.29 is 4.79 Å². The fourth-order valence-electron chi connectivity index (χ4n) is 1.77. The van der Waals surface area contributed by atoms with Crippen LogP contribution in [0.3, 0.4) is 0 Å². The van der Waals surface area contributed by atoms with Crippen molar-refractivity contribution in [3.63, 3.8) is 0 Å². The number of aryl methyl sites for hydroxylation is 1. The Bertz CT molecular complexity index is 547. The molecule has 0 aliphatic heterocycles. The number of rotatable bonds is 5. The highest BCUT2D eigenvalue weighted by atomic mass is 16.1. The predicted molar refractivity (Wildman–Crippen MR) is 67.8 cm³/mol. The first-order valence-corrected chi connectivity index (χ1v) is 5.84. The molecular weight excluding hydrogens is 228 g/mol. The van der Waals surface area contributed by atoms with Crippen molar-refractivity contribution in [3.05, 3.63) is 47.3 Å². The van der Waals surface area contributed by atoms with Crippen LogP contribution in [0.5, 0.6) is 0 Å². The monoisotopic (exact) mass is 244 g/mol. The van der Waals surface area contributed by atoms with E-state index in [9.17, 15) is 4.79 Å². The van der Waals surface area contributed by atoms with E-state index >= 15 is 0 Å². The van der Waals surface area contributed by atoms with E-state index in [4.69, 9.17) is 5.73 Å². The minimum Gasteiger partial charge on any atom is -0.325 e. The number of Topliss-reactive ketones (excluding diaryl/α,β-unsaturated/α-hetero) is 1. The molecule has 0 aliphatic carbocycles. The average Bonchev–Trinajstić information content (AvgIpc) is 2.80. The van der Waals surface area contributed by atoms with Crippen molar-refractivity contribution >= 4 is 5.78 Å². The highest BCUT2D eigenvalue weighted by Gasteiger charge is 2.08. The first-order chi connectivity index (χ1) is 8.69. The molecule has 0 unspecified atom stereocenters. The summed E-state index contributed by atoms with van der Waals surface area (Å²) in [6.07, 6.45) is 2.13. The lowest BCUT2D eigenvalue weighted by molar-refractivity contribution is -0.119. The van der Waals surface area contributed by atoms with Gasteiger partial charge in [-0.1, -0.05) is 29.5 Å². The molecule has 0 bridgehead atoms. The van der Waals surface area contributed by atoms with Crippen LogP contribution in [0.4, 0.5) is 0 Å². The largest absolute Gasteiger partial charge is 0.325 e. The first-order valence-electron chi connectivity index (χ1n) is 5.84. The quantitative estimate of drug-likeness (QED) is 0.846. The highest BCUT2D eigenvalue weighted by molar-refractivity contribution is 5.80. The van der Waals surface area contributed by atoms with Gasteiger partial charge in [0, 0.05) is 13.0 Å². The summed E-state index contributed by atoms with van der Waals surface area (Å²) in [5.41, 5.74) is 8.32. The van der Waals surface area contributed by atoms with E-state index in [0.717, 1.165) is 11.1 Å². The molecule has 0 spiro atoms. The summed E-state index contributed by atoms with van der Waals surface area (Å²) in [6.45, 7) is 2.58. The Hall–Kier alpha value is -2.01. The molecule has 18 heavy (non-hydrogen) atoms. The number of aromatic nitrogens is 3. The Morgan fingerprint density at radius 3 is 2.83 bits per heavy atom. The van der Waals surface area contributed by atoms with Crippen molar-refractivity contribution in [1.82, 2.24) is 15.0 Å². The van der Waals surface area contributed by atoms with Crippen molar-refractivity contribution in [2.45, 2.75) is 26.4 Å². The number of hydrogen-bond donors (Lipinski definition) is 1. The second-order valence-electron chi connectivity index (χ2n) is 4.25. The molecule has 2 aromatic rings. The molecule has 1 aromatic carbocycles. The summed E-state index contributed by atoms with van der Waals surface area (Å²) >= 11 is 0. The Labute approximate surface area is 106 Å². The van der Waals surface area contributed by atoms with Crippen LogP contribution in [-0.2, 0) is 24.3 Å². The van der Waals surface area contributed by atoms with Crippen molar-refractivity contribution in [2.24, 2.45) is 5.73 Å². The third-order valence-corrected chi connectivity index (χ3v) is 2.78. The summed E-state index contributed by atoms with van der Waals surface area (Å²) in [5.74, 6) is 0.109. The van der Waals surface area contributed by atoms with Crippen LogP contribution < -0.4 is 5.73 Å². The molecule has 1 heterocycles. The van der Waals surface area contributed by atoms with Gasteiger partial charge in [0.05, 0.1) is 11.9 Å². The van der Waals surface area contributed by atoms with Gasteiger partial charge in [-0.3, -0.25) is 4.79 Å². The van der Waals surface area contributed by atoms with Gasteiger partial charge in [0.25, 0.3) is 0 Å². The summed E-state index contributed by atoms with van der Waals surface area (Å²) in [4.78, 5) is 11.9. The fraction of sp³-hybridized carbons (Fsp3) is 0.308. The van der Waals surface area contributed by atoms with Crippen LogP contribution in [0.25, 0.3) is 0 Å². The second-order valence-corrected chi connectivity index (χ2v) is 4.25. The third kappa shape index (κ3) is 3.01. The predicted octanol–water partition coefficient (Wildman–Crippen LogP) is 0.857. The maximum absolute atomic E-state index is 11.9. The molecule has 94 valence electrons. The number of nitrogens with two attached hydrogens (primary N) is 1. The maximum Gasteiger partial charge on any atom is 0.158 e. The van der Waals surface area contributed by atoms with Gasteiger partial charge in [-0.15, -0.1) is 5.10 Å². The second kappa shape index (κ2) is 5.55. The Morgan fingerprint density at radius 1 is 1.39 bits per heavy atom. The number of carbonyl (C=O) groups is 1. The summed E-state index contributed by atoms with van der Waals surface area (Å²) in [6, 6.07) is 7.89. The van der Waals surface area contributed by atoms with Crippen LogP contribution in [-0.4, -0.2) is 20.8 Å². The standard InChI is InChI=1S/C13H16N4O/c1-10-4-2-3-5-11(10)6-13(18)9-17-8-12(7-14)15-16-17/h2-5,8H,6-7,9,14H2,1H3. The smallest absolute Gasteiger partial charge is 0.158 e. The van der Waals surface area contributed by atoms with E-state index in [1.54, 1.807) is 6.20 Å². The van der Waals surface area contributed by atoms with Gasteiger partial charge < -0.3 is 5.73 Å². The molecular formula is C13H16N4O. The Balaban J connectivity index is 1.99. The van der Waals surface area contributed by atoms with Crippen molar-refractivity contribution in [1.29, 1.82) is 0 Å². The molecule has 0 radical (unpaired) electrons. The SMILES string of the molecule is Cc1ccccc1CC(=O)Cn1cc(CN)nn1. The van der Waals surface area contributed by atoms with Crippen molar-refractivity contribution in [3.8, 4) is 0 Å². The zero-order valence-corrected chi connectivity index (χ0v) is 10.3. The average molecular weight is 244 g/mol. The molecule has 5 heteroatoms. The molecule has 5 nitrogen and oxygen atoms in total. The van der Waals surface area contributed by atoms with Gasteiger partial charge in [0.1, 0.15) is 6.54 Å². The lowest BCUT2D eigenvalue weighted by Crippen LogP contribution is -2.13. The van der Waals surface area contributed by atoms with Crippen LogP contribution in [0.1, 0.15) is 16.8 Å². The molecule has 0 amide bonds. The van der Waals surface area contributed by atoms with Gasteiger partial charge >= 0.3 is 0 Å². The molecule has 2 rings (SSSR count). The molecule has 1 aromatic heterocycles. The van der Waals surface area contributed by atoms with E-state index in [1.807, 2.05) is 31.2 Å². The first kappa shape index (κ1) is 12.4. The summed E-state index contributed by atoms with van der Waals surface area (Å²) < 4.78 is 1.53. The lowest BCUT2D eigenvalue weighted by Gasteiger charge is -2.04. The minimum atomic E-state index is 0.109. The molecule has 0 saturated carbocycles. The zero-order valence-electron chi connectivity index (χ0n) is 10.3. The number of nitrogens with zero attached hydrogens (tertiary/aromatic N) is 3. The van der Waals surface area contributed by atoms with E-state index in [1.165, 1.54) is 4.68 Å². The topological polar surface area (TPSA) is 73.8 Å². The number of carbonyl (C=O) groups excluding carboxylic acids is 1. The minimum absolute atomic E-state index is 0.109. The van der Waals surface area contributed by atoms with E-state index in [0.29, 0.717) is 18.7 Å². The van der Waals surface area contributed by atoms with Gasteiger partial charge in [0.2, 0.25) is 0 Å². The molecule has 2 N–H and O–H groups in total. The molecule has 0 atom stereocenters. The molecule has 0 saturated heterocycles. The summed E-state index contributed by atoms with van der Waals surface area (Å²) in [7, 11) is 0. The number of benzene rings is 1. The van der Waals surface area contributed by atoms with Gasteiger partial charge in [0.15, 0.2) is 5.78 Å². The fourth-order valence-corrected chi connectivity index (χ4v) is 1.77. The molecule has 0 aliphatic rings. The van der Waals surface area contributed by atoms with Crippen LogP contribution in [0, 0.1) is 6.92 Å². The third-order valence-electron chi connectivity index (χ3n) is 2.78. The van der Waals surface area contributed by atoms with E-state index in [2.05, 4.69) is 10.3 Å². The highest BCUT2D eigenvalue weighted by Crippen LogP contribution is 2.08. The van der Waals surface area contributed by atoms with Crippen molar-refractivity contribution in [2.75, 3.05) is 0 Å². The zero-order chi connectivity index (χ0) is 13.0. The number of ketones is 1. The summed E-state index contributed by atoms with van der Waals surface area (Å²) in [5, 5.41) is 7.70. The molecule has 0 fully saturated rings.